The Morgan fingerprint density at radius 3 is 2.71 bits per heavy atom. The molecule has 1 saturated heterocycles. The lowest BCUT2D eigenvalue weighted by Gasteiger charge is -2.20. The van der Waals surface area contributed by atoms with E-state index >= 15 is 0 Å². The lowest BCUT2D eigenvalue weighted by molar-refractivity contribution is -0.154. The molecule has 1 heterocycles. The van der Waals surface area contributed by atoms with Gasteiger partial charge in [0.05, 0.1) is 12.5 Å². The summed E-state index contributed by atoms with van der Waals surface area (Å²) in [6.45, 7) is 10.2. The molecule has 1 aliphatic heterocycles. The van der Waals surface area contributed by atoms with Crippen LogP contribution in [0.2, 0.25) is 0 Å². The summed E-state index contributed by atoms with van der Waals surface area (Å²) in [5.74, 6) is 0.439. The third kappa shape index (κ3) is 6.03. The Morgan fingerprint density at radius 2 is 2.18 bits per heavy atom. The molecule has 0 bridgehead atoms. The Balaban J connectivity index is 2.06. The fraction of sp³-hybridized carbons (Fsp3) is 0.923. The first-order valence-electron chi connectivity index (χ1n) is 6.42. The van der Waals surface area contributed by atoms with Crippen molar-refractivity contribution in [3.8, 4) is 0 Å². The highest BCUT2D eigenvalue weighted by Crippen LogP contribution is 2.19. The zero-order chi connectivity index (χ0) is 12.9. The molecular weight excluding hydrogens is 218 g/mol. The summed E-state index contributed by atoms with van der Waals surface area (Å²) in [6, 6.07) is 0. The maximum absolute atomic E-state index is 11.4. The van der Waals surface area contributed by atoms with E-state index in [-0.39, 0.29) is 11.6 Å². The molecule has 17 heavy (non-hydrogen) atoms. The quantitative estimate of drug-likeness (QED) is 0.590. The zero-order valence-corrected chi connectivity index (χ0v) is 11.4. The lowest BCUT2D eigenvalue weighted by atomic mass is 10.0. The second-order valence-electron chi connectivity index (χ2n) is 5.67. The standard InChI is InChI=1S/C13H25NO3/c1-10-11(6-8-16-10)9-14-7-5-12(15)17-13(2,3)4/h10-11,14H,5-9H2,1-4H3. The lowest BCUT2D eigenvalue weighted by Crippen LogP contribution is -2.30. The first-order valence-corrected chi connectivity index (χ1v) is 6.42. The van der Waals surface area contributed by atoms with Gasteiger partial charge in [-0.15, -0.1) is 0 Å². The van der Waals surface area contributed by atoms with Crippen molar-refractivity contribution in [2.24, 2.45) is 5.92 Å². The summed E-state index contributed by atoms with van der Waals surface area (Å²) in [4.78, 5) is 11.4. The van der Waals surface area contributed by atoms with Crippen molar-refractivity contribution in [3.05, 3.63) is 0 Å². The third-order valence-electron chi connectivity index (χ3n) is 2.87. The predicted molar refractivity (Wildman–Crippen MR) is 66.9 cm³/mol. The van der Waals surface area contributed by atoms with Crippen LogP contribution in [0.1, 0.15) is 40.5 Å². The number of ether oxygens (including phenoxy) is 2. The largest absolute Gasteiger partial charge is 0.460 e. The third-order valence-corrected chi connectivity index (χ3v) is 2.87. The van der Waals surface area contributed by atoms with Crippen LogP contribution in [0.4, 0.5) is 0 Å². The van der Waals surface area contributed by atoms with Crippen LogP contribution in [-0.2, 0) is 14.3 Å². The van der Waals surface area contributed by atoms with Gasteiger partial charge in [0.2, 0.25) is 0 Å². The highest BCUT2D eigenvalue weighted by atomic mass is 16.6. The van der Waals surface area contributed by atoms with Gasteiger partial charge in [0.1, 0.15) is 5.60 Å². The van der Waals surface area contributed by atoms with E-state index in [0.29, 0.717) is 25.0 Å². The molecule has 4 heteroatoms. The molecule has 1 N–H and O–H groups in total. The van der Waals surface area contributed by atoms with E-state index < -0.39 is 0 Å². The Morgan fingerprint density at radius 1 is 1.47 bits per heavy atom. The number of hydrogen-bond donors (Lipinski definition) is 1. The Hall–Kier alpha value is -0.610. The van der Waals surface area contributed by atoms with Gasteiger partial charge in [-0.25, -0.2) is 0 Å². The average molecular weight is 243 g/mol. The van der Waals surface area contributed by atoms with Crippen molar-refractivity contribution < 1.29 is 14.3 Å². The molecule has 4 nitrogen and oxygen atoms in total. The molecule has 0 aromatic carbocycles. The normalized spacial score (nSPS) is 24.9. The molecular formula is C13H25NO3. The average Bonchev–Trinajstić information content (AvgIpc) is 2.56. The molecule has 0 aromatic heterocycles. The molecule has 0 spiro atoms. The second kappa shape index (κ2) is 6.36. The van der Waals surface area contributed by atoms with Gasteiger partial charge in [-0.2, -0.15) is 0 Å². The van der Waals surface area contributed by atoms with Crippen molar-refractivity contribution >= 4 is 5.97 Å². The molecule has 2 unspecified atom stereocenters. The summed E-state index contributed by atoms with van der Waals surface area (Å²) in [5, 5.41) is 3.29. The molecule has 100 valence electrons. The van der Waals surface area contributed by atoms with Gasteiger partial charge in [0.25, 0.3) is 0 Å². The van der Waals surface area contributed by atoms with E-state index in [1.54, 1.807) is 0 Å². The van der Waals surface area contributed by atoms with E-state index in [0.717, 1.165) is 19.6 Å². The fourth-order valence-electron chi connectivity index (χ4n) is 1.91. The molecule has 1 rings (SSSR count). The molecule has 0 aromatic rings. The van der Waals surface area contributed by atoms with Crippen LogP contribution >= 0.6 is 0 Å². The zero-order valence-electron chi connectivity index (χ0n) is 11.4. The van der Waals surface area contributed by atoms with E-state index in [1.807, 2.05) is 20.8 Å². The van der Waals surface area contributed by atoms with E-state index in [1.165, 1.54) is 0 Å². The van der Waals surface area contributed by atoms with E-state index in [4.69, 9.17) is 9.47 Å². The molecule has 0 aliphatic carbocycles. The van der Waals surface area contributed by atoms with E-state index in [2.05, 4.69) is 12.2 Å². The topological polar surface area (TPSA) is 47.6 Å². The first kappa shape index (κ1) is 14.5. The minimum atomic E-state index is -0.384. The summed E-state index contributed by atoms with van der Waals surface area (Å²) in [7, 11) is 0. The fourth-order valence-corrected chi connectivity index (χ4v) is 1.91. The van der Waals surface area contributed by atoms with Gasteiger partial charge in [0, 0.05) is 19.7 Å². The summed E-state index contributed by atoms with van der Waals surface area (Å²) in [6.07, 6.45) is 1.88. The number of carbonyl (C=O) groups is 1. The first-order chi connectivity index (χ1) is 7.88. The van der Waals surface area contributed by atoms with E-state index in [9.17, 15) is 4.79 Å². The molecule has 0 saturated carbocycles. The summed E-state index contributed by atoms with van der Waals surface area (Å²) >= 11 is 0. The number of esters is 1. The summed E-state index contributed by atoms with van der Waals surface area (Å²) in [5.41, 5.74) is -0.384. The SMILES string of the molecule is CC1OCCC1CNCCC(=O)OC(C)(C)C. The van der Waals surface area contributed by atoms with Crippen molar-refractivity contribution in [3.63, 3.8) is 0 Å². The monoisotopic (exact) mass is 243 g/mol. The van der Waals surface area contributed by atoms with Gasteiger partial charge in [-0.3, -0.25) is 4.79 Å². The Kier molecular flexibility index (Phi) is 5.40. The minimum absolute atomic E-state index is 0.138. The predicted octanol–water partition coefficient (Wildman–Crippen LogP) is 1.73. The highest BCUT2D eigenvalue weighted by molar-refractivity contribution is 5.70. The van der Waals surface area contributed by atoms with Gasteiger partial charge in [-0.05, 0) is 40.0 Å². The summed E-state index contributed by atoms with van der Waals surface area (Å²) < 4.78 is 10.7. The molecule has 2 atom stereocenters. The van der Waals surface area contributed by atoms with Crippen molar-refractivity contribution in [2.45, 2.75) is 52.2 Å². The van der Waals surface area contributed by atoms with Crippen LogP contribution in [0.5, 0.6) is 0 Å². The van der Waals surface area contributed by atoms with Crippen molar-refractivity contribution in [2.75, 3.05) is 19.7 Å². The maximum atomic E-state index is 11.4. The molecule has 1 fully saturated rings. The maximum Gasteiger partial charge on any atom is 0.307 e. The molecule has 0 radical (unpaired) electrons. The Bertz CT molecular complexity index is 248. The highest BCUT2D eigenvalue weighted by Gasteiger charge is 2.23. The number of nitrogens with one attached hydrogen (secondary N) is 1. The second-order valence-corrected chi connectivity index (χ2v) is 5.67. The van der Waals surface area contributed by atoms with Crippen molar-refractivity contribution in [1.82, 2.24) is 5.32 Å². The van der Waals surface area contributed by atoms with Gasteiger partial charge >= 0.3 is 5.97 Å². The van der Waals surface area contributed by atoms with Gasteiger partial charge in [-0.1, -0.05) is 0 Å². The smallest absolute Gasteiger partial charge is 0.307 e. The minimum Gasteiger partial charge on any atom is -0.460 e. The van der Waals surface area contributed by atoms with Gasteiger partial charge in [0.15, 0.2) is 0 Å². The number of rotatable bonds is 5. The van der Waals surface area contributed by atoms with Crippen LogP contribution in [-0.4, -0.2) is 37.4 Å². The van der Waals surface area contributed by atoms with Crippen LogP contribution < -0.4 is 5.32 Å². The van der Waals surface area contributed by atoms with Gasteiger partial charge < -0.3 is 14.8 Å². The van der Waals surface area contributed by atoms with Crippen LogP contribution in [0.15, 0.2) is 0 Å². The van der Waals surface area contributed by atoms with Crippen LogP contribution in [0.3, 0.4) is 0 Å². The molecule has 0 amide bonds. The number of carbonyl (C=O) groups excluding carboxylic acids is 1. The van der Waals surface area contributed by atoms with Crippen LogP contribution in [0.25, 0.3) is 0 Å². The number of hydrogen-bond acceptors (Lipinski definition) is 4. The van der Waals surface area contributed by atoms with Crippen LogP contribution in [0, 0.1) is 5.92 Å². The Labute approximate surface area is 104 Å². The molecule has 1 aliphatic rings. The van der Waals surface area contributed by atoms with Crippen molar-refractivity contribution in [1.29, 1.82) is 0 Å².